The molecule has 4 heteroatoms. The highest BCUT2D eigenvalue weighted by molar-refractivity contribution is 7.92. The van der Waals surface area contributed by atoms with Gasteiger partial charge in [-0.2, -0.15) is 0 Å². The molecule has 0 fully saturated rings. The summed E-state index contributed by atoms with van der Waals surface area (Å²) in [5, 5.41) is 3.21. The standard InChI is InChI=1S/C15H33NO2S/c1-6-10-14(16-11-7-2)15(9-4)19(17,18)12-13(5)8-3/h13-16H,6-12H2,1-5H3. The van der Waals surface area contributed by atoms with Gasteiger partial charge in [-0.15, -0.1) is 0 Å². The molecule has 0 spiro atoms. The van der Waals surface area contributed by atoms with Crippen molar-refractivity contribution in [3.63, 3.8) is 0 Å². The Morgan fingerprint density at radius 2 is 1.63 bits per heavy atom. The van der Waals surface area contributed by atoms with E-state index in [2.05, 4.69) is 26.1 Å². The lowest BCUT2D eigenvalue weighted by Gasteiger charge is -2.28. The van der Waals surface area contributed by atoms with Crippen LogP contribution in [0.3, 0.4) is 0 Å². The highest BCUT2D eigenvalue weighted by Crippen LogP contribution is 2.19. The lowest BCUT2D eigenvalue weighted by molar-refractivity contribution is 0.433. The van der Waals surface area contributed by atoms with Gasteiger partial charge in [0.05, 0.1) is 11.0 Å². The van der Waals surface area contributed by atoms with Crippen molar-refractivity contribution in [1.82, 2.24) is 5.32 Å². The SMILES string of the molecule is CCCNC(CCC)C(CC)S(=O)(=O)CC(C)CC. The van der Waals surface area contributed by atoms with Crippen molar-refractivity contribution in [2.24, 2.45) is 5.92 Å². The maximum Gasteiger partial charge on any atom is 0.154 e. The molecule has 3 nitrogen and oxygen atoms in total. The maximum atomic E-state index is 12.6. The molecule has 0 aliphatic rings. The van der Waals surface area contributed by atoms with Crippen LogP contribution in [0.2, 0.25) is 0 Å². The van der Waals surface area contributed by atoms with Crippen molar-refractivity contribution < 1.29 is 8.42 Å². The summed E-state index contributed by atoms with van der Waals surface area (Å²) < 4.78 is 25.1. The number of rotatable bonds is 11. The monoisotopic (exact) mass is 291 g/mol. The molecule has 0 saturated carbocycles. The van der Waals surface area contributed by atoms with Crippen LogP contribution in [0.25, 0.3) is 0 Å². The highest BCUT2D eigenvalue weighted by atomic mass is 32.2. The molecule has 0 bridgehead atoms. The molecule has 0 amide bonds. The second kappa shape index (κ2) is 9.76. The summed E-state index contributed by atoms with van der Waals surface area (Å²) in [6.07, 6.45) is 4.65. The third kappa shape index (κ3) is 6.75. The molecule has 116 valence electrons. The summed E-state index contributed by atoms with van der Waals surface area (Å²) >= 11 is 0. The molecule has 0 saturated heterocycles. The van der Waals surface area contributed by atoms with Gasteiger partial charge in [0.2, 0.25) is 0 Å². The Balaban J connectivity index is 4.90. The van der Waals surface area contributed by atoms with Crippen LogP contribution in [-0.4, -0.2) is 32.0 Å². The molecule has 0 aromatic heterocycles. The third-order valence-electron chi connectivity index (χ3n) is 3.78. The molecule has 3 atom stereocenters. The Bertz CT molecular complexity index is 314. The third-order valence-corrected chi connectivity index (χ3v) is 6.40. The summed E-state index contributed by atoms with van der Waals surface area (Å²) in [6, 6.07) is 0.115. The van der Waals surface area contributed by atoms with Gasteiger partial charge in [-0.3, -0.25) is 0 Å². The van der Waals surface area contributed by atoms with E-state index >= 15 is 0 Å². The lowest BCUT2D eigenvalue weighted by Crippen LogP contribution is -2.45. The van der Waals surface area contributed by atoms with Crippen LogP contribution >= 0.6 is 0 Å². The maximum absolute atomic E-state index is 12.6. The topological polar surface area (TPSA) is 46.2 Å². The van der Waals surface area contributed by atoms with Crippen molar-refractivity contribution in [2.75, 3.05) is 12.3 Å². The molecule has 0 aliphatic heterocycles. The lowest BCUT2D eigenvalue weighted by atomic mass is 10.1. The van der Waals surface area contributed by atoms with Crippen LogP contribution in [-0.2, 0) is 9.84 Å². The zero-order valence-corrected chi connectivity index (χ0v) is 14.2. The first-order chi connectivity index (χ1) is 8.92. The van der Waals surface area contributed by atoms with E-state index in [1.807, 2.05) is 13.8 Å². The van der Waals surface area contributed by atoms with E-state index in [9.17, 15) is 8.42 Å². The molecule has 19 heavy (non-hydrogen) atoms. The quantitative estimate of drug-likeness (QED) is 0.634. The Morgan fingerprint density at radius 3 is 2.05 bits per heavy atom. The van der Waals surface area contributed by atoms with E-state index in [4.69, 9.17) is 0 Å². The van der Waals surface area contributed by atoms with Crippen molar-refractivity contribution in [3.8, 4) is 0 Å². The van der Waals surface area contributed by atoms with Crippen LogP contribution in [0.4, 0.5) is 0 Å². The molecule has 0 aliphatic carbocycles. The molecular weight excluding hydrogens is 258 g/mol. The van der Waals surface area contributed by atoms with Gasteiger partial charge in [-0.1, -0.05) is 47.5 Å². The van der Waals surface area contributed by atoms with Crippen LogP contribution < -0.4 is 5.32 Å². The van der Waals surface area contributed by atoms with Gasteiger partial charge in [0.15, 0.2) is 9.84 Å². The Hall–Kier alpha value is -0.0900. The largest absolute Gasteiger partial charge is 0.313 e. The summed E-state index contributed by atoms with van der Waals surface area (Å²) in [4.78, 5) is 0. The van der Waals surface area contributed by atoms with E-state index < -0.39 is 9.84 Å². The first-order valence-corrected chi connectivity index (χ1v) is 9.59. The Morgan fingerprint density at radius 1 is 1.00 bits per heavy atom. The number of hydrogen-bond acceptors (Lipinski definition) is 3. The van der Waals surface area contributed by atoms with E-state index in [1.165, 1.54) is 0 Å². The van der Waals surface area contributed by atoms with Crippen molar-refractivity contribution in [3.05, 3.63) is 0 Å². The van der Waals surface area contributed by atoms with E-state index in [-0.39, 0.29) is 17.2 Å². The fraction of sp³-hybridized carbons (Fsp3) is 1.00. The predicted octanol–water partition coefficient (Wildman–Crippen LogP) is 3.39. The van der Waals surface area contributed by atoms with Crippen molar-refractivity contribution in [1.29, 1.82) is 0 Å². The van der Waals surface area contributed by atoms with E-state index in [0.717, 1.165) is 32.2 Å². The minimum absolute atomic E-state index is 0.115. The van der Waals surface area contributed by atoms with Crippen LogP contribution in [0, 0.1) is 5.92 Å². The minimum Gasteiger partial charge on any atom is -0.313 e. The smallest absolute Gasteiger partial charge is 0.154 e. The molecule has 1 N–H and O–H groups in total. The number of sulfone groups is 1. The molecular formula is C15H33NO2S. The zero-order chi connectivity index (χ0) is 14.9. The first kappa shape index (κ1) is 18.9. The fourth-order valence-electron chi connectivity index (χ4n) is 2.49. The zero-order valence-electron chi connectivity index (χ0n) is 13.4. The van der Waals surface area contributed by atoms with Crippen LogP contribution in [0.1, 0.15) is 66.7 Å². The van der Waals surface area contributed by atoms with Crippen LogP contribution in [0.15, 0.2) is 0 Å². The van der Waals surface area contributed by atoms with E-state index in [0.29, 0.717) is 12.2 Å². The predicted molar refractivity (Wildman–Crippen MR) is 84.3 cm³/mol. The average molecular weight is 292 g/mol. The van der Waals surface area contributed by atoms with Gasteiger partial charge in [0.1, 0.15) is 0 Å². The fourth-order valence-corrected chi connectivity index (χ4v) is 5.00. The van der Waals surface area contributed by atoms with Gasteiger partial charge in [-0.05, 0) is 31.7 Å². The van der Waals surface area contributed by atoms with Gasteiger partial charge < -0.3 is 5.32 Å². The average Bonchev–Trinajstić information content (AvgIpc) is 2.35. The first-order valence-electron chi connectivity index (χ1n) is 7.87. The van der Waals surface area contributed by atoms with Crippen LogP contribution in [0.5, 0.6) is 0 Å². The highest BCUT2D eigenvalue weighted by Gasteiger charge is 2.31. The Labute approximate surface area is 120 Å². The second-order valence-electron chi connectivity index (χ2n) is 5.64. The number of hydrogen-bond donors (Lipinski definition) is 1. The molecule has 3 unspecified atom stereocenters. The van der Waals surface area contributed by atoms with Crippen molar-refractivity contribution in [2.45, 2.75) is 78.0 Å². The molecule has 0 rings (SSSR count). The van der Waals surface area contributed by atoms with Crippen molar-refractivity contribution >= 4 is 9.84 Å². The van der Waals surface area contributed by atoms with E-state index in [1.54, 1.807) is 0 Å². The second-order valence-corrected chi connectivity index (χ2v) is 7.90. The summed E-state index contributed by atoms with van der Waals surface area (Å²) in [5.41, 5.74) is 0. The minimum atomic E-state index is -3.00. The van der Waals surface area contributed by atoms with Gasteiger partial charge >= 0.3 is 0 Å². The van der Waals surface area contributed by atoms with Gasteiger partial charge in [-0.25, -0.2) is 8.42 Å². The summed E-state index contributed by atoms with van der Waals surface area (Å²) in [7, 11) is -3.00. The summed E-state index contributed by atoms with van der Waals surface area (Å²) in [5.74, 6) is 0.586. The number of nitrogens with one attached hydrogen (secondary N) is 1. The van der Waals surface area contributed by atoms with Gasteiger partial charge in [0.25, 0.3) is 0 Å². The molecule has 0 radical (unpaired) electrons. The Kier molecular flexibility index (Phi) is 9.71. The molecule has 0 heterocycles. The molecule has 0 aromatic rings. The van der Waals surface area contributed by atoms with Gasteiger partial charge in [0, 0.05) is 6.04 Å². The molecule has 0 aromatic carbocycles. The summed E-state index contributed by atoms with van der Waals surface area (Å²) in [6.45, 7) is 11.2. The normalized spacial score (nSPS) is 17.1.